The third kappa shape index (κ3) is 2.78. The first kappa shape index (κ1) is 12.0. The fourth-order valence-corrected chi connectivity index (χ4v) is 2.26. The van der Waals surface area contributed by atoms with E-state index < -0.39 is 0 Å². The van der Waals surface area contributed by atoms with Gasteiger partial charge in [-0.05, 0) is 49.9 Å². The van der Waals surface area contributed by atoms with Crippen molar-refractivity contribution in [1.82, 2.24) is 0 Å². The molecule has 0 aliphatic heterocycles. The van der Waals surface area contributed by atoms with Gasteiger partial charge >= 0.3 is 0 Å². The number of nitrogens with zero attached hydrogens (tertiary/aromatic N) is 1. The summed E-state index contributed by atoms with van der Waals surface area (Å²) in [4.78, 5) is 2.41. The molecule has 0 heterocycles. The number of benzene rings is 1. The van der Waals surface area contributed by atoms with Crippen LogP contribution in [0.1, 0.15) is 31.7 Å². The summed E-state index contributed by atoms with van der Waals surface area (Å²) in [7, 11) is 0. The quantitative estimate of drug-likeness (QED) is 0.604. The Morgan fingerprint density at radius 2 is 2.00 bits per heavy atom. The highest BCUT2D eigenvalue weighted by Gasteiger charge is 2.20. The van der Waals surface area contributed by atoms with Crippen LogP contribution in [0.15, 0.2) is 24.3 Å². The Hall–Kier alpha value is -1.51. The average Bonchev–Trinajstić information content (AvgIpc) is 2.28. The van der Waals surface area contributed by atoms with E-state index in [1.807, 2.05) is 12.1 Å². The van der Waals surface area contributed by atoms with Crippen LogP contribution in [-0.2, 0) is 0 Å². The van der Waals surface area contributed by atoms with E-state index in [4.69, 9.17) is 11.1 Å². The first-order valence-electron chi connectivity index (χ1n) is 6.40. The molecule has 0 amide bonds. The number of nitrogens with two attached hydrogens (primary N) is 1. The Morgan fingerprint density at radius 1 is 1.35 bits per heavy atom. The highest BCUT2D eigenvalue weighted by molar-refractivity contribution is 5.95. The predicted octanol–water partition coefficient (Wildman–Crippen LogP) is 2.60. The van der Waals surface area contributed by atoms with E-state index in [0.717, 1.165) is 24.6 Å². The van der Waals surface area contributed by atoms with Crippen LogP contribution in [0.4, 0.5) is 5.69 Å². The van der Waals surface area contributed by atoms with Gasteiger partial charge in [0.15, 0.2) is 0 Å². The summed E-state index contributed by atoms with van der Waals surface area (Å²) in [6, 6.07) is 8.00. The Balaban J connectivity index is 2.04. The van der Waals surface area contributed by atoms with Gasteiger partial charge in [-0.15, -0.1) is 0 Å². The molecule has 0 radical (unpaired) electrons. The maximum atomic E-state index is 7.37. The molecule has 3 nitrogen and oxygen atoms in total. The summed E-state index contributed by atoms with van der Waals surface area (Å²) in [5.41, 5.74) is 7.49. The van der Waals surface area contributed by atoms with Gasteiger partial charge in [-0.25, -0.2) is 0 Å². The number of rotatable bonds is 5. The lowest BCUT2D eigenvalue weighted by Crippen LogP contribution is -2.32. The fraction of sp³-hybridized carbons (Fsp3) is 0.500. The second kappa shape index (κ2) is 5.21. The van der Waals surface area contributed by atoms with E-state index in [9.17, 15) is 0 Å². The SMILES string of the molecule is CCN(CC1CCC1)c1ccc(C(=N)N)cc1. The van der Waals surface area contributed by atoms with E-state index in [1.54, 1.807) is 0 Å². The number of hydrogen-bond acceptors (Lipinski definition) is 2. The summed E-state index contributed by atoms with van der Waals surface area (Å²) in [6.45, 7) is 4.39. The van der Waals surface area contributed by atoms with Gasteiger partial charge in [-0.1, -0.05) is 6.42 Å². The molecule has 0 bridgehead atoms. The van der Waals surface area contributed by atoms with Gasteiger partial charge in [0.05, 0.1) is 0 Å². The Kier molecular flexibility index (Phi) is 3.67. The molecule has 92 valence electrons. The van der Waals surface area contributed by atoms with Gasteiger partial charge in [0.25, 0.3) is 0 Å². The molecule has 0 atom stereocenters. The van der Waals surface area contributed by atoms with Crippen molar-refractivity contribution in [1.29, 1.82) is 5.41 Å². The summed E-state index contributed by atoms with van der Waals surface area (Å²) in [6.07, 6.45) is 4.15. The molecule has 3 heteroatoms. The average molecular weight is 231 g/mol. The van der Waals surface area contributed by atoms with Crippen molar-refractivity contribution in [3.05, 3.63) is 29.8 Å². The number of anilines is 1. The van der Waals surface area contributed by atoms with E-state index in [1.165, 1.54) is 24.9 Å². The minimum Gasteiger partial charge on any atom is -0.384 e. The number of nitrogen functional groups attached to an aromatic ring is 1. The molecule has 0 aromatic heterocycles. The molecule has 0 unspecified atom stereocenters. The molecule has 1 aromatic carbocycles. The Morgan fingerprint density at radius 3 is 2.41 bits per heavy atom. The van der Waals surface area contributed by atoms with Crippen LogP contribution in [0, 0.1) is 11.3 Å². The van der Waals surface area contributed by atoms with Gasteiger partial charge < -0.3 is 10.6 Å². The zero-order valence-electron chi connectivity index (χ0n) is 10.4. The maximum Gasteiger partial charge on any atom is 0.122 e. The highest BCUT2D eigenvalue weighted by Crippen LogP contribution is 2.28. The van der Waals surface area contributed by atoms with E-state index >= 15 is 0 Å². The third-order valence-corrected chi connectivity index (χ3v) is 3.63. The smallest absolute Gasteiger partial charge is 0.122 e. The van der Waals surface area contributed by atoms with Crippen molar-refractivity contribution in [2.45, 2.75) is 26.2 Å². The maximum absolute atomic E-state index is 7.37. The fourth-order valence-electron chi connectivity index (χ4n) is 2.26. The van der Waals surface area contributed by atoms with Crippen LogP contribution in [0.25, 0.3) is 0 Å². The predicted molar refractivity (Wildman–Crippen MR) is 72.7 cm³/mol. The van der Waals surface area contributed by atoms with E-state index in [-0.39, 0.29) is 5.84 Å². The molecular formula is C14H21N3. The normalized spacial score (nSPS) is 15.4. The lowest BCUT2D eigenvalue weighted by molar-refractivity contribution is 0.318. The second-order valence-corrected chi connectivity index (χ2v) is 4.80. The van der Waals surface area contributed by atoms with Crippen molar-refractivity contribution in [2.75, 3.05) is 18.0 Å². The molecular weight excluding hydrogens is 210 g/mol. The minimum atomic E-state index is 0.138. The molecule has 1 aliphatic rings. The summed E-state index contributed by atoms with van der Waals surface area (Å²) >= 11 is 0. The van der Waals surface area contributed by atoms with Gasteiger partial charge in [-0.2, -0.15) is 0 Å². The number of nitrogens with one attached hydrogen (secondary N) is 1. The minimum absolute atomic E-state index is 0.138. The van der Waals surface area contributed by atoms with Crippen molar-refractivity contribution in [2.24, 2.45) is 11.7 Å². The Bertz CT molecular complexity index is 379. The van der Waals surface area contributed by atoms with E-state index in [0.29, 0.717) is 0 Å². The summed E-state index contributed by atoms with van der Waals surface area (Å²) in [5, 5.41) is 7.37. The molecule has 1 saturated carbocycles. The second-order valence-electron chi connectivity index (χ2n) is 4.80. The summed E-state index contributed by atoms with van der Waals surface area (Å²) in [5.74, 6) is 1.01. The van der Waals surface area contributed by atoms with Crippen LogP contribution < -0.4 is 10.6 Å². The summed E-state index contributed by atoms with van der Waals surface area (Å²) < 4.78 is 0. The molecule has 0 saturated heterocycles. The first-order chi connectivity index (χ1) is 8.20. The van der Waals surface area contributed by atoms with Crippen molar-refractivity contribution in [3.8, 4) is 0 Å². The molecule has 3 N–H and O–H groups in total. The highest BCUT2D eigenvalue weighted by atomic mass is 15.1. The zero-order valence-corrected chi connectivity index (χ0v) is 10.4. The molecule has 1 aliphatic carbocycles. The van der Waals surface area contributed by atoms with Gasteiger partial charge in [0, 0.05) is 24.3 Å². The van der Waals surface area contributed by atoms with Gasteiger partial charge in [0.1, 0.15) is 5.84 Å². The van der Waals surface area contributed by atoms with Crippen LogP contribution >= 0.6 is 0 Å². The lowest BCUT2D eigenvalue weighted by Gasteiger charge is -2.33. The topological polar surface area (TPSA) is 53.1 Å². The zero-order chi connectivity index (χ0) is 12.3. The number of hydrogen-bond donors (Lipinski definition) is 2. The van der Waals surface area contributed by atoms with Crippen LogP contribution in [0.3, 0.4) is 0 Å². The van der Waals surface area contributed by atoms with Gasteiger partial charge in [-0.3, -0.25) is 5.41 Å². The Labute approximate surface area is 103 Å². The molecule has 1 aromatic rings. The van der Waals surface area contributed by atoms with Crippen molar-refractivity contribution in [3.63, 3.8) is 0 Å². The van der Waals surface area contributed by atoms with Crippen molar-refractivity contribution < 1.29 is 0 Å². The van der Waals surface area contributed by atoms with Gasteiger partial charge in [0.2, 0.25) is 0 Å². The molecule has 0 spiro atoms. The van der Waals surface area contributed by atoms with Crippen LogP contribution in [0.5, 0.6) is 0 Å². The molecule has 1 fully saturated rings. The van der Waals surface area contributed by atoms with Crippen LogP contribution in [0.2, 0.25) is 0 Å². The van der Waals surface area contributed by atoms with Crippen LogP contribution in [-0.4, -0.2) is 18.9 Å². The molecule has 17 heavy (non-hydrogen) atoms. The van der Waals surface area contributed by atoms with Crippen molar-refractivity contribution >= 4 is 11.5 Å². The third-order valence-electron chi connectivity index (χ3n) is 3.63. The number of amidine groups is 1. The largest absolute Gasteiger partial charge is 0.384 e. The monoisotopic (exact) mass is 231 g/mol. The molecule has 2 rings (SSSR count). The first-order valence-corrected chi connectivity index (χ1v) is 6.40. The standard InChI is InChI=1S/C14H21N3/c1-2-17(10-11-4-3-5-11)13-8-6-12(7-9-13)14(15)16/h6-9,11H,2-5,10H2,1H3,(H3,15,16). The van der Waals surface area contributed by atoms with E-state index in [2.05, 4.69) is 24.0 Å². The lowest BCUT2D eigenvalue weighted by atomic mass is 9.85.